The van der Waals surface area contributed by atoms with Gasteiger partial charge in [-0.2, -0.15) is 0 Å². The Morgan fingerprint density at radius 2 is 2.38 bits per heavy atom. The fourth-order valence-corrected chi connectivity index (χ4v) is 0.943. The Morgan fingerprint density at radius 1 is 1.69 bits per heavy atom. The largest absolute Gasteiger partial charge is 0.480 e. The second kappa shape index (κ2) is 4.04. The van der Waals surface area contributed by atoms with Gasteiger partial charge in [0.1, 0.15) is 0 Å². The summed E-state index contributed by atoms with van der Waals surface area (Å²) in [6.45, 7) is 2.21. The van der Waals surface area contributed by atoms with Crippen LogP contribution < -0.4 is 16.0 Å². The van der Waals surface area contributed by atoms with E-state index >= 15 is 0 Å². The molecule has 1 aromatic rings. The predicted molar refractivity (Wildman–Crippen MR) is 48.7 cm³/mol. The van der Waals surface area contributed by atoms with Gasteiger partial charge in [-0.15, -0.1) is 5.10 Å². The number of ether oxygens (including phenoxy) is 1. The van der Waals surface area contributed by atoms with Crippen molar-refractivity contribution in [3.63, 3.8) is 0 Å². The molecule has 72 valence electrons. The number of nitrogens with two attached hydrogens (primary N) is 1. The Morgan fingerprint density at radius 3 is 2.92 bits per heavy atom. The molecule has 0 spiro atoms. The fourth-order valence-electron chi connectivity index (χ4n) is 0.943. The van der Waals surface area contributed by atoms with Crippen molar-refractivity contribution < 1.29 is 4.74 Å². The molecule has 0 aliphatic carbocycles. The molecule has 0 saturated heterocycles. The number of aromatic nitrogens is 2. The van der Waals surface area contributed by atoms with Crippen LogP contribution in [0.3, 0.4) is 0 Å². The summed E-state index contributed by atoms with van der Waals surface area (Å²) < 4.78 is 6.17. The third-order valence-electron chi connectivity index (χ3n) is 1.51. The molecule has 0 amide bonds. The molecule has 13 heavy (non-hydrogen) atoms. The summed E-state index contributed by atoms with van der Waals surface area (Å²) >= 11 is 0. The first-order valence-electron chi connectivity index (χ1n) is 4.01. The zero-order valence-electron chi connectivity index (χ0n) is 7.73. The maximum atomic E-state index is 11.2. The quantitative estimate of drug-likeness (QED) is 0.692. The first-order valence-corrected chi connectivity index (χ1v) is 4.01. The van der Waals surface area contributed by atoms with Crippen LogP contribution in [-0.4, -0.2) is 22.9 Å². The highest BCUT2D eigenvalue weighted by Gasteiger charge is 2.02. The Bertz CT molecular complexity index is 332. The monoisotopic (exact) mass is 183 g/mol. The molecule has 0 saturated carbocycles. The highest BCUT2D eigenvalue weighted by molar-refractivity contribution is 5.05. The topological polar surface area (TPSA) is 70.1 Å². The first kappa shape index (κ1) is 9.73. The van der Waals surface area contributed by atoms with Gasteiger partial charge in [-0.25, -0.2) is 4.68 Å². The second-order valence-corrected chi connectivity index (χ2v) is 2.87. The highest BCUT2D eigenvalue weighted by atomic mass is 16.5. The average molecular weight is 183 g/mol. The second-order valence-electron chi connectivity index (χ2n) is 2.87. The van der Waals surface area contributed by atoms with Gasteiger partial charge in [-0.3, -0.25) is 4.79 Å². The summed E-state index contributed by atoms with van der Waals surface area (Å²) in [5.74, 6) is 0.417. The van der Waals surface area contributed by atoms with Crippen LogP contribution in [-0.2, 0) is 6.54 Å². The number of rotatable bonds is 3. The van der Waals surface area contributed by atoms with Crippen molar-refractivity contribution in [1.82, 2.24) is 9.78 Å². The molecule has 1 rings (SSSR count). The summed E-state index contributed by atoms with van der Waals surface area (Å²) in [6, 6.07) is 2.84. The van der Waals surface area contributed by atoms with Gasteiger partial charge in [0.2, 0.25) is 5.88 Å². The number of methoxy groups -OCH3 is 1. The van der Waals surface area contributed by atoms with E-state index in [4.69, 9.17) is 10.5 Å². The standard InChI is InChI=1S/C8H13N3O2/c1-6(9)5-11-8(12)4-3-7(10-11)13-2/h3-4,6H,5,9H2,1-2H3/t6-/m0/s1. The molecule has 0 aliphatic rings. The van der Waals surface area contributed by atoms with Crippen molar-refractivity contribution in [2.75, 3.05) is 7.11 Å². The van der Waals surface area contributed by atoms with Gasteiger partial charge in [0.25, 0.3) is 5.56 Å². The molecular weight excluding hydrogens is 170 g/mol. The van der Waals surface area contributed by atoms with E-state index in [1.54, 1.807) is 0 Å². The van der Waals surface area contributed by atoms with Crippen molar-refractivity contribution >= 4 is 0 Å². The van der Waals surface area contributed by atoms with Crippen LogP contribution in [0.15, 0.2) is 16.9 Å². The van der Waals surface area contributed by atoms with Crippen LogP contribution in [0.2, 0.25) is 0 Å². The van der Waals surface area contributed by atoms with E-state index in [0.717, 1.165) is 0 Å². The lowest BCUT2D eigenvalue weighted by Gasteiger charge is -2.07. The fraction of sp³-hybridized carbons (Fsp3) is 0.500. The van der Waals surface area contributed by atoms with E-state index < -0.39 is 0 Å². The van der Waals surface area contributed by atoms with Crippen molar-refractivity contribution in [2.45, 2.75) is 19.5 Å². The molecule has 0 aliphatic heterocycles. The van der Waals surface area contributed by atoms with Crippen molar-refractivity contribution in [1.29, 1.82) is 0 Å². The van der Waals surface area contributed by atoms with Gasteiger partial charge in [0.15, 0.2) is 0 Å². The van der Waals surface area contributed by atoms with E-state index in [2.05, 4.69) is 5.10 Å². The molecule has 0 bridgehead atoms. The summed E-state index contributed by atoms with van der Waals surface area (Å²) in [6.07, 6.45) is 0. The number of hydrogen-bond donors (Lipinski definition) is 1. The summed E-state index contributed by atoms with van der Waals surface area (Å²) in [7, 11) is 1.50. The van der Waals surface area contributed by atoms with Crippen LogP contribution in [0.5, 0.6) is 5.88 Å². The van der Waals surface area contributed by atoms with Gasteiger partial charge < -0.3 is 10.5 Å². The van der Waals surface area contributed by atoms with Crippen molar-refractivity contribution in [2.24, 2.45) is 5.73 Å². The zero-order valence-corrected chi connectivity index (χ0v) is 7.73. The van der Waals surface area contributed by atoms with Crippen LogP contribution in [0.25, 0.3) is 0 Å². The number of nitrogens with zero attached hydrogens (tertiary/aromatic N) is 2. The minimum atomic E-state index is -0.168. The van der Waals surface area contributed by atoms with Gasteiger partial charge in [-0.05, 0) is 6.92 Å². The molecule has 1 aromatic heterocycles. The maximum Gasteiger partial charge on any atom is 0.267 e. The molecule has 1 atom stereocenters. The minimum absolute atomic E-state index is 0.0997. The third kappa shape index (κ3) is 2.55. The Hall–Kier alpha value is -1.36. The molecule has 1 heterocycles. The SMILES string of the molecule is COc1ccc(=O)n(C[C@H](C)N)n1. The molecular formula is C8H13N3O2. The first-order chi connectivity index (χ1) is 6.13. The van der Waals surface area contributed by atoms with E-state index in [0.29, 0.717) is 12.4 Å². The van der Waals surface area contributed by atoms with Gasteiger partial charge >= 0.3 is 0 Å². The van der Waals surface area contributed by atoms with Crippen LogP contribution in [0.4, 0.5) is 0 Å². The van der Waals surface area contributed by atoms with E-state index in [-0.39, 0.29) is 11.6 Å². The predicted octanol–water partition coefficient (Wildman–Crippen LogP) is -0.401. The van der Waals surface area contributed by atoms with Crippen molar-refractivity contribution in [3.8, 4) is 5.88 Å². The van der Waals surface area contributed by atoms with Crippen LogP contribution >= 0.6 is 0 Å². The van der Waals surface area contributed by atoms with E-state index in [1.165, 1.54) is 23.9 Å². The Balaban J connectivity index is 2.97. The van der Waals surface area contributed by atoms with Crippen LogP contribution in [0, 0.1) is 0 Å². The Kier molecular flexibility index (Phi) is 3.02. The normalized spacial score (nSPS) is 12.5. The lowest BCUT2D eigenvalue weighted by atomic mass is 10.4. The highest BCUT2D eigenvalue weighted by Crippen LogP contribution is 1.99. The molecule has 2 N–H and O–H groups in total. The molecule has 0 radical (unpaired) electrons. The smallest absolute Gasteiger partial charge is 0.267 e. The minimum Gasteiger partial charge on any atom is -0.480 e. The lowest BCUT2D eigenvalue weighted by Crippen LogP contribution is -2.31. The third-order valence-corrected chi connectivity index (χ3v) is 1.51. The number of hydrogen-bond acceptors (Lipinski definition) is 4. The Labute approximate surface area is 76.1 Å². The summed E-state index contributed by atoms with van der Waals surface area (Å²) in [4.78, 5) is 11.2. The zero-order chi connectivity index (χ0) is 9.84. The molecule has 0 unspecified atom stereocenters. The molecule has 0 fully saturated rings. The van der Waals surface area contributed by atoms with Gasteiger partial charge in [0, 0.05) is 18.2 Å². The summed E-state index contributed by atoms with van der Waals surface area (Å²) in [5, 5.41) is 3.93. The molecule has 0 aromatic carbocycles. The van der Waals surface area contributed by atoms with Gasteiger partial charge in [-0.1, -0.05) is 0 Å². The summed E-state index contributed by atoms with van der Waals surface area (Å²) in [5.41, 5.74) is 5.38. The van der Waals surface area contributed by atoms with E-state index in [9.17, 15) is 4.79 Å². The van der Waals surface area contributed by atoms with Gasteiger partial charge in [0.05, 0.1) is 13.7 Å². The molecule has 5 heteroatoms. The maximum absolute atomic E-state index is 11.2. The van der Waals surface area contributed by atoms with Crippen LogP contribution in [0.1, 0.15) is 6.92 Å². The van der Waals surface area contributed by atoms with E-state index in [1.807, 2.05) is 6.92 Å². The lowest BCUT2D eigenvalue weighted by molar-refractivity contribution is 0.371. The average Bonchev–Trinajstić information content (AvgIpc) is 2.08. The van der Waals surface area contributed by atoms with Crippen molar-refractivity contribution in [3.05, 3.63) is 22.5 Å². The molecule has 5 nitrogen and oxygen atoms in total.